The number of urea groups is 1. The summed E-state index contributed by atoms with van der Waals surface area (Å²) in [4.78, 5) is 39.3. The van der Waals surface area contributed by atoms with Crippen LogP contribution in [0.3, 0.4) is 0 Å². The number of hydrogen-bond donors (Lipinski definition) is 2. The fraction of sp³-hybridized carbons (Fsp3) is 0.318. The number of imide groups is 1. The first kappa shape index (κ1) is 18.2. The molecule has 28 heavy (non-hydrogen) atoms. The summed E-state index contributed by atoms with van der Waals surface area (Å²) >= 11 is 0. The zero-order valence-electron chi connectivity index (χ0n) is 15.6. The van der Waals surface area contributed by atoms with E-state index in [4.69, 9.17) is 0 Å². The normalized spacial score (nSPS) is 21.2. The molecule has 4 amide bonds. The fourth-order valence-corrected chi connectivity index (χ4v) is 4.11. The van der Waals surface area contributed by atoms with Gasteiger partial charge in [0.1, 0.15) is 12.1 Å². The van der Waals surface area contributed by atoms with Crippen molar-refractivity contribution in [3.63, 3.8) is 0 Å². The molecule has 1 aliphatic heterocycles. The second-order valence-electron chi connectivity index (χ2n) is 7.35. The minimum absolute atomic E-state index is 0.276. The number of nitrogens with one attached hydrogen (secondary N) is 2. The third-order valence-corrected chi connectivity index (χ3v) is 5.53. The highest BCUT2D eigenvalue weighted by Crippen LogP contribution is 2.38. The first-order valence-electron chi connectivity index (χ1n) is 9.63. The van der Waals surface area contributed by atoms with Crippen LogP contribution in [0.5, 0.6) is 0 Å². The Kier molecular flexibility index (Phi) is 4.86. The van der Waals surface area contributed by atoms with Gasteiger partial charge in [-0.3, -0.25) is 14.5 Å². The number of benzene rings is 2. The smallest absolute Gasteiger partial charge is 0.325 e. The zero-order chi connectivity index (χ0) is 19.6. The van der Waals surface area contributed by atoms with E-state index in [9.17, 15) is 14.4 Å². The van der Waals surface area contributed by atoms with E-state index in [1.165, 1.54) is 0 Å². The molecule has 2 aromatic carbocycles. The summed E-state index contributed by atoms with van der Waals surface area (Å²) in [6.45, 7) is 0.0821. The lowest BCUT2D eigenvalue weighted by Gasteiger charge is -2.27. The van der Waals surface area contributed by atoms with Gasteiger partial charge in [-0.15, -0.1) is 0 Å². The lowest BCUT2D eigenvalue weighted by atomic mass is 9.84. The maximum absolute atomic E-state index is 13.3. The molecular weight excluding hydrogens is 354 g/mol. The van der Waals surface area contributed by atoms with Crippen molar-refractivity contribution in [2.45, 2.75) is 37.8 Å². The molecule has 1 unspecified atom stereocenters. The molecule has 1 aliphatic carbocycles. The van der Waals surface area contributed by atoms with Crippen molar-refractivity contribution in [2.75, 3.05) is 6.54 Å². The van der Waals surface area contributed by atoms with Gasteiger partial charge in [0.15, 0.2) is 0 Å². The SMILES string of the molecule is O=C(CN1C(=O)NC2(CCCCc3ccccc32)C1=O)NCc1ccccc1. The minimum atomic E-state index is -1.05. The van der Waals surface area contributed by atoms with Crippen LogP contribution in [-0.4, -0.2) is 29.3 Å². The van der Waals surface area contributed by atoms with Gasteiger partial charge in [-0.05, 0) is 42.4 Å². The monoisotopic (exact) mass is 377 g/mol. The zero-order valence-corrected chi connectivity index (χ0v) is 15.6. The maximum Gasteiger partial charge on any atom is 0.325 e. The number of carbonyl (C=O) groups is 3. The molecule has 1 spiro atoms. The van der Waals surface area contributed by atoms with Crippen molar-refractivity contribution >= 4 is 17.8 Å². The number of hydrogen-bond acceptors (Lipinski definition) is 3. The van der Waals surface area contributed by atoms with Gasteiger partial charge in [-0.1, -0.05) is 54.6 Å². The average molecular weight is 377 g/mol. The summed E-state index contributed by atoms with van der Waals surface area (Å²) in [5.41, 5.74) is 1.86. The van der Waals surface area contributed by atoms with Crippen LogP contribution in [0.2, 0.25) is 0 Å². The fourth-order valence-electron chi connectivity index (χ4n) is 4.11. The third kappa shape index (κ3) is 3.26. The highest BCUT2D eigenvalue weighted by atomic mass is 16.2. The van der Waals surface area contributed by atoms with Gasteiger partial charge in [0.2, 0.25) is 5.91 Å². The molecule has 4 rings (SSSR count). The van der Waals surface area contributed by atoms with Crippen LogP contribution in [0.15, 0.2) is 54.6 Å². The van der Waals surface area contributed by atoms with Crippen LogP contribution in [0.25, 0.3) is 0 Å². The Labute approximate surface area is 163 Å². The van der Waals surface area contributed by atoms with Gasteiger partial charge in [-0.25, -0.2) is 4.79 Å². The van der Waals surface area contributed by atoms with E-state index in [1.807, 2.05) is 54.6 Å². The molecule has 2 aromatic rings. The molecule has 1 atom stereocenters. The third-order valence-electron chi connectivity index (χ3n) is 5.53. The summed E-state index contributed by atoms with van der Waals surface area (Å²) in [5.74, 6) is -0.687. The Bertz CT molecular complexity index is 912. The van der Waals surface area contributed by atoms with E-state index in [2.05, 4.69) is 10.6 Å². The summed E-state index contributed by atoms with van der Waals surface area (Å²) in [6.07, 6.45) is 3.25. The molecule has 6 nitrogen and oxygen atoms in total. The van der Waals surface area contributed by atoms with Gasteiger partial charge < -0.3 is 10.6 Å². The van der Waals surface area contributed by atoms with E-state index in [1.54, 1.807) is 0 Å². The Balaban J connectivity index is 1.51. The highest BCUT2D eigenvalue weighted by Gasteiger charge is 2.53. The van der Waals surface area contributed by atoms with Crippen molar-refractivity contribution in [3.05, 3.63) is 71.3 Å². The molecule has 2 aliphatic rings. The molecular formula is C22H23N3O3. The molecule has 1 saturated heterocycles. The molecule has 2 N–H and O–H groups in total. The van der Waals surface area contributed by atoms with Gasteiger partial charge in [-0.2, -0.15) is 0 Å². The van der Waals surface area contributed by atoms with Crippen LogP contribution < -0.4 is 10.6 Å². The summed E-state index contributed by atoms with van der Waals surface area (Å²) in [6, 6.07) is 16.8. The van der Waals surface area contributed by atoms with Crippen molar-refractivity contribution in [1.82, 2.24) is 15.5 Å². The largest absolute Gasteiger partial charge is 0.350 e. The van der Waals surface area contributed by atoms with Crippen molar-refractivity contribution < 1.29 is 14.4 Å². The quantitative estimate of drug-likeness (QED) is 0.804. The van der Waals surface area contributed by atoms with Crippen LogP contribution in [0.1, 0.15) is 36.0 Å². The van der Waals surface area contributed by atoms with Crippen LogP contribution in [0.4, 0.5) is 4.79 Å². The number of aryl methyl sites for hydroxylation is 1. The summed E-state index contributed by atoms with van der Waals surface area (Å²) < 4.78 is 0. The summed E-state index contributed by atoms with van der Waals surface area (Å²) in [5, 5.41) is 5.68. The van der Waals surface area contributed by atoms with E-state index < -0.39 is 11.6 Å². The van der Waals surface area contributed by atoms with Gasteiger partial charge in [0.05, 0.1) is 0 Å². The summed E-state index contributed by atoms with van der Waals surface area (Å²) in [7, 11) is 0. The van der Waals surface area contributed by atoms with Crippen LogP contribution >= 0.6 is 0 Å². The lowest BCUT2D eigenvalue weighted by molar-refractivity contribution is -0.135. The van der Waals surface area contributed by atoms with Gasteiger partial charge in [0, 0.05) is 6.54 Å². The average Bonchev–Trinajstić information content (AvgIpc) is 2.85. The molecule has 0 aromatic heterocycles. The minimum Gasteiger partial charge on any atom is -0.350 e. The molecule has 1 heterocycles. The van der Waals surface area contributed by atoms with Gasteiger partial charge in [0.25, 0.3) is 5.91 Å². The first-order chi connectivity index (χ1) is 13.6. The second kappa shape index (κ2) is 7.46. The molecule has 1 fully saturated rings. The van der Waals surface area contributed by atoms with Crippen LogP contribution in [-0.2, 0) is 28.1 Å². The predicted octanol–water partition coefficient (Wildman–Crippen LogP) is 2.48. The molecule has 144 valence electrons. The number of amides is 4. The van der Waals surface area contributed by atoms with Crippen molar-refractivity contribution in [1.29, 1.82) is 0 Å². The van der Waals surface area contributed by atoms with E-state index >= 15 is 0 Å². The van der Waals surface area contributed by atoms with E-state index in [-0.39, 0.29) is 18.4 Å². The molecule has 0 bridgehead atoms. The number of fused-ring (bicyclic) bond motifs is 2. The Morgan fingerprint density at radius 2 is 1.79 bits per heavy atom. The lowest BCUT2D eigenvalue weighted by Crippen LogP contribution is -2.45. The topological polar surface area (TPSA) is 78.5 Å². The predicted molar refractivity (Wildman–Crippen MR) is 104 cm³/mol. The number of carbonyl (C=O) groups excluding carboxylic acids is 3. The van der Waals surface area contributed by atoms with E-state index in [0.717, 1.165) is 40.9 Å². The van der Waals surface area contributed by atoms with Crippen molar-refractivity contribution in [3.8, 4) is 0 Å². The standard InChI is InChI=1S/C22H23N3O3/c26-19(23-14-16-8-2-1-3-9-16)15-25-20(27)22(24-21(25)28)13-7-6-11-17-10-4-5-12-18(17)22/h1-5,8-10,12H,6-7,11,13-15H2,(H,23,26)(H,24,28). The molecule has 0 radical (unpaired) electrons. The Morgan fingerprint density at radius 1 is 1.04 bits per heavy atom. The van der Waals surface area contributed by atoms with E-state index in [0.29, 0.717) is 13.0 Å². The highest BCUT2D eigenvalue weighted by molar-refractivity contribution is 6.09. The van der Waals surface area contributed by atoms with Gasteiger partial charge >= 0.3 is 6.03 Å². The number of rotatable bonds is 4. The number of nitrogens with zero attached hydrogens (tertiary/aromatic N) is 1. The first-order valence-corrected chi connectivity index (χ1v) is 9.63. The van der Waals surface area contributed by atoms with Crippen LogP contribution in [0, 0.1) is 0 Å². The molecule has 0 saturated carbocycles. The molecule has 6 heteroatoms. The maximum atomic E-state index is 13.3. The Hall–Kier alpha value is -3.15. The van der Waals surface area contributed by atoms with Crippen molar-refractivity contribution in [2.24, 2.45) is 0 Å². The Morgan fingerprint density at radius 3 is 2.61 bits per heavy atom. The second-order valence-corrected chi connectivity index (χ2v) is 7.35.